The number of hydrogen-bond donors (Lipinski definition) is 1. The maximum Gasteiger partial charge on any atom is 0.246 e. The van der Waals surface area contributed by atoms with Crippen LogP contribution in [0.4, 0.5) is 0 Å². The number of hydrogen-bond acceptors (Lipinski definition) is 3. The molecule has 1 rings (SSSR count). The third kappa shape index (κ3) is 4.86. The lowest BCUT2D eigenvalue weighted by atomic mass is 10.4. The first kappa shape index (κ1) is 11.9. The van der Waals surface area contributed by atoms with Gasteiger partial charge in [-0.05, 0) is 12.8 Å². The molecule has 3 nitrogen and oxygen atoms in total. The lowest BCUT2D eigenvalue weighted by Gasteiger charge is -2.08. The second-order valence-corrected chi connectivity index (χ2v) is 4.97. The Labute approximate surface area is 90.0 Å². The van der Waals surface area contributed by atoms with Gasteiger partial charge in [-0.25, -0.2) is 0 Å². The van der Waals surface area contributed by atoms with Gasteiger partial charge in [-0.3, -0.25) is 4.79 Å². The van der Waals surface area contributed by atoms with Crippen LogP contribution in [0, 0.1) is 0 Å². The van der Waals surface area contributed by atoms with Crippen LogP contribution in [0.1, 0.15) is 25.7 Å². The Kier molecular flexibility index (Phi) is 6.03. The molecule has 1 fully saturated rings. The van der Waals surface area contributed by atoms with Gasteiger partial charge in [0.05, 0.1) is 0 Å². The fourth-order valence-corrected chi connectivity index (χ4v) is 2.87. The van der Waals surface area contributed by atoms with Gasteiger partial charge >= 0.3 is 0 Å². The highest BCUT2D eigenvalue weighted by Crippen LogP contribution is 2.28. The van der Waals surface area contributed by atoms with Crippen molar-refractivity contribution in [2.75, 3.05) is 26.0 Å². The summed E-state index contributed by atoms with van der Waals surface area (Å²) in [4.78, 5) is 11.0. The Balaban J connectivity index is 1.90. The Morgan fingerprint density at radius 2 is 2.21 bits per heavy atom. The van der Waals surface area contributed by atoms with Crippen LogP contribution in [0.3, 0.4) is 0 Å². The maximum absolute atomic E-state index is 11.0. The smallest absolute Gasteiger partial charge is 0.246 e. The highest BCUT2D eigenvalue weighted by molar-refractivity contribution is 7.99. The fourth-order valence-electron chi connectivity index (χ4n) is 1.65. The zero-order chi connectivity index (χ0) is 10.2. The molecule has 0 radical (unpaired) electrons. The SMILES string of the molecule is COCC(=O)NCCSC1CCCC1. The van der Waals surface area contributed by atoms with Crippen LogP contribution in [0.5, 0.6) is 0 Å². The van der Waals surface area contributed by atoms with Crippen LogP contribution in [-0.4, -0.2) is 37.2 Å². The molecule has 1 saturated carbocycles. The van der Waals surface area contributed by atoms with Gasteiger partial charge in [-0.15, -0.1) is 0 Å². The van der Waals surface area contributed by atoms with E-state index in [1.54, 1.807) is 0 Å². The van der Waals surface area contributed by atoms with Crippen molar-refractivity contribution in [3.8, 4) is 0 Å². The minimum absolute atomic E-state index is 0.0143. The van der Waals surface area contributed by atoms with Crippen molar-refractivity contribution >= 4 is 17.7 Å². The van der Waals surface area contributed by atoms with Crippen molar-refractivity contribution < 1.29 is 9.53 Å². The molecule has 14 heavy (non-hydrogen) atoms. The number of carbonyl (C=O) groups excluding carboxylic acids is 1. The summed E-state index contributed by atoms with van der Waals surface area (Å²) in [6, 6.07) is 0. The summed E-state index contributed by atoms with van der Waals surface area (Å²) in [6.45, 7) is 0.942. The van der Waals surface area contributed by atoms with Crippen LogP contribution in [0.2, 0.25) is 0 Å². The maximum atomic E-state index is 11.0. The molecule has 0 atom stereocenters. The standard InChI is InChI=1S/C10H19NO2S/c1-13-8-10(12)11-6-7-14-9-4-2-3-5-9/h9H,2-8H2,1H3,(H,11,12). The predicted molar refractivity (Wildman–Crippen MR) is 59.6 cm³/mol. The van der Waals surface area contributed by atoms with E-state index in [4.69, 9.17) is 4.74 Å². The monoisotopic (exact) mass is 217 g/mol. The van der Waals surface area contributed by atoms with Crippen molar-refractivity contribution in [3.05, 3.63) is 0 Å². The number of amides is 1. The molecule has 0 heterocycles. The molecule has 0 aromatic carbocycles. The molecule has 0 saturated heterocycles. The van der Waals surface area contributed by atoms with Crippen molar-refractivity contribution in [2.24, 2.45) is 0 Å². The number of methoxy groups -OCH3 is 1. The van der Waals surface area contributed by atoms with E-state index in [-0.39, 0.29) is 12.5 Å². The van der Waals surface area contributed by atoms with Crippen LogP contribution in [-0.2, 0) is 9.53 Å². The summed E-state index contributed by atoms with van der Waals surface area (Å²) in [5.41, 5.74) is 0. The predicted octanol–water partition coefficient (Wildman–Crippen LogP) is 1.42. The van der Waals surface area contributed by atoms with Crippen molar-refractivity contribution in [1.82, 2.24) is 5.32 Å². The first-order valence-corrected chi connectivity index (χ1v) is 6.25. The van der Waals surface area contributed by atoms with E-state index in [9.17, 15) is 4.79 Å². The largest absolute Gasteiger partial charge is 0.375 e. The summed E-state index contributed by atoms with van der Waals surface area (Å²) in [5, 5.41) is 3.66. The minimum atomic E-state index is -0.0143. The van der Waals surface area contributed by atoms with E-state index in [1.807, 2.05) is 11.8 Å². The molecular weight excluding hydrogens is 198 g/mol. The first-order chi connectivity index (χ1) is 6.83. The zero-order valence-corrected chi connectivity index (χ0v) is 9.57. The average Bonchev–Trinajstić information content (AvgIpc) is 2.65. The van der Waals surface area contributed by atoms with Crippen molar-refractivity contribution in [3.63, 3.8) is 0 Å². The van der Waals surface area contributed by atoms with E-state index >= 15 is 0 Å². The topological polar surface area (TPSA) is 38.3 Å². The van der Waals surface area contributed by atoms with Gasteiger partial charge in [-0.1, -0.05) is 12.8 Å². The van der Waals surface area contributed by atoms with E-state index < -0.39 is 0 Å². The number of carbonyl (C=O) groups is 1. The van der Waals surface area contributed by atoms with E-state index in [2.05, 4.69) is 5.32 Å². The molecule has 0 spiro atoms. The molecule has 0 aromatic heterocycles. The third-order valence-corrected chi connectivity index (χ3v) is 3.74. The highest BCUT2D eigenvalue weighted by Gasteiger charge is 2.14. The van der Waals surface area contributed by atoms with Crippen molar-refractivity contribution in [2.45, 2.75) is 30.9 Å². The van der Waals surface area contributed by atoms with Gasteiger partial charge in [0, 0.05) is 24.7 Å². The average molecular weight is 217 g/mol. The molecule has 4 heteroatoms. The van der Waals surface area contributed by atoms with E-state index in [0.29, 0.717) is 0 Å². The van der Waals surface area contributed by atoms with Gasteiger partial charge in [0.1, 0.15) is 6.61 Å². The van der Waals surface area contributed by atoms with Crippen LogP contribution < -0.4 is 5.32 Å². The van der Waals surface area contributed by atoms with Gasteiger partial charge < -0.3 is 10.1 Å². The Morgan fingerprint density at radius 3 is 2.86 bits per heavy atom. The molecule has 0 aromatic rings. The van der Waals surface area contributed by atoms with Crippen molar-refractivity contribution in [1.29, 1.82) is 0 Å². The second kappa shape index (κ2) is 7.12. The molecule has 0 bridgehead atoms. The fraction of sp³-hybridized carbons (Fsp3) is 0.900. The quantitative estimate of drug-likeness (QED) is 0.684. The number of rotatable bonds is 6. The molecule has 1 aliphatic carbocycles. The summed E-state index contributed by atoms with van der Waals surface area (Å²) in [7, 11) is 1.53. The molecule has 1 N–H and O–H groups in total. The van der Waals surface area contributed by atoms with E-state index in [1.165, 1.54) is 32.8 Å². The Hall–Kier alpha value is -0.220. The van der Waals surface area contributed by atoms with E-state index in [0.717, 1.165) is 17.5 Å². The molecule has 1 amide bonds. The van der Waals surface area contributed by atoms with Crippen LogP contribution >= 0.6 is 11.8 Å². The lowest BCUT2D eigenvalue weighted by molar-refractivity contribution is -0.124. The van der Waals surface area contributed by atoms with Gasteiger partial charge in [-0.2, -0.15) is 11.8 Å². The summed E-state index contributed by atoms with van der Waals surface area (Å²) in [6.07, 6.45) is 5.48. The Morgan fingerprint density at radius 1 is 1.50 bits per heavy atom. The molecule has 0 unspecified atom stereocenters. The lowest BCUT2D eigenvalue weighted by Crippen LogP contribution is -2.29. The van der Waals surface area contributed by atoms with Gasteiger partial charge in [0.25, 0.3) is 0 Å². The second-order valence-electron chi connectivity index (χ2n) is 3.56. The third-order valence-electron chi connectivity index (χ3n) is 2.36. The molecule has 0 aliphatic heterocycles. The minimum Gasteiger partial charge on any atom is -0.375 e. The highest BCUT2D eigenvalue weighted by atomic mass is 32.2. The molecular formula is C10H19NO2S. The number of ether oxygens (including phenoxy) is 1. The summed E-state index contributed by atoms with van der Waals surface area (Å²) in [5.74, 6) is 1.01. The summed E-state index contributed by atoms with van der Waals surface area (Å²) < 4.78 is 4.72. The van der Waals surface area contributed by atoms with Crippen LogP contribution in [0.25, 0.3) is 0 Å². The summed E-state index contributed by atoms with van der Waals surface area (Å²) >= 11 is 1.99. The zero-order valence-electron chi connectivity index (χ0n) is 8.75. The normalized spacial score (nSPS) is 17.2. The Bertz CT molecular complexity index is 170. The molecule has 1 aliphatic rings. The number of nitrogens with one attached hydrogen (secondary N) is 1. The molecule has 82 valence electrons. The first-order valence-electron chi connectivity index (χ1n) is 5.20. The van der Waals surface area contributed by atoms with Gasteiger partial charge in [0.15, 0.2) is 0 Å². The van der Waals surface area contributed by atoms with Crippen LogP contribution in [0.15, 0.2) is 0 Å². The number of thioether (sulfide) groups is 1. The van der Waals surface area contributed by atoms with Gasteiger partial charge in [0.2, 0.25) is 5.91 Å².